The molecule has 0 saturated carbocycles. The van der Waals surface area contributed by atoms with E-state index in [2.05, 4.69) is 0 Å². The van der Waals surface area contributed by atoms with Crippen LogP contribution < -0.4 is 5.43 Å². The van der Waals surface area contributed by atoms with Gasteiger partial charge in [-0.1, -0.05) is 54.1 Å². The van der Waals surface area contributed by atoms with Crippen molar-refractivity contribution >= 4 is 28.6 Å². The van der Waals surface area contributed by atoms with Gasteiger partial charge < -0.3 is 14.6 Å². The molecule has 1 aliphatic carbocycles. The Morgan fingerprint density at radius 3 is 2.58 bits per heavy atom. The van der Waals surface area contributed by atoms with E-state index >= 15 is 0 Å². The summed E-state index contributed by atoms with van der Waals surface area (Å²) in [6.07, 6.45) is 1.41. The summed E-state index contributed by atoms with van der Waals surface area (Å²) in [5.74, 6) is -1.26. The number of rotatable bonds is 2. The quantitative estimate of drug-likeness (QED) is 0.489. The molecule has 0 radical (unpaired) electrons. The van der Waals surface area contributed by atoms with Crippen molar-refractivity contribution in [2.75, 3.05) is 0 Å². The number of benzene rings is 3. The van der Waals surface area contributed by atoms with E-state index in [1.54, 1.807) is 12.1 Å². The fraction of sp³-hybridized carbons (Fsp3) is 0.0769. The molecule has 1 aliphatic rings. The van der Waals surface area contributed by atoms with Crippen molar-refractivity contribution in [3.63, 3.8) is 0 Å². The van der Waals surface area contributed by atoms with Gasteiger partial charge in [-0.25, -0.2) is 4.79 Å². The Kier molecular flexibility index (Phi) is 4.26. The molecule has 152 valence electrons. The van der Waals surface area contributed by atoms with Gasteiger partial charge in [0, 0.05) is 6.07 Å². The van der Waals surface area contributed by atoms with E-state index in [9.17, 15) is 19.8 Å². The summed E-state index contributed by atoms with van der Waals surface area (Å²) in [6.45, 7) is 1.97. The molecule has 0 bridgehead atoms. The van der Waals surface area contributed by atoms with Crippen molar-refractivity contribution in [2.24, 2.45) is 0 Å². The molecule has 0 fully saturated rings. The van der Waals surface area contributed by atoms with E-state index in [0.717, 1.165) is 16.7 Å². The molecule has 1 atom stereocenters. The van der Waals surface area contributed by atoms with Gasteiger partial charge in [-0.2, -0.15) is 0 Å². The number of carboxylic acid groups (broad SMARTS) is 1. The summed E-state index contributed by atoms with van der Waals surface area (Å²) < 4.78 is 6.22. The number of aliphatic carboxylic acids is 1. The summed E-state index contributed by atoms with van der Waals surface area (Å²) in [4.78, 5) is 25.6. The highest BCUT2D eigenvalue weighted by atomic mass is 16.4. The third kappa shape index (κ3) is 3.02. The second kappa shape index (κ2) is 6.99. The molecule has 0 aliphatic heterocycles. The number of hydrogen-bond donors (Lipinski definition) is 2. The van der Waals surface area contributed by atoms with Crippen molar-refractivity contribution in [3.05, 3.63) is 111 Å². The lowest BCUT2D eigenvalue weighted by molar-refractivity contribution is -0.130. The summed E-state index contributed by atoms with van der Waals surface area (Å²) in [6, 6.07) is 19.4. The van der Waals surface area contributed by atoms with E-state index in [1.165, 1.54) is 24.3 Å². The van der Waals surface area contributed by atoms with Crippen molar-refractivity contribution in [1.29, 1.82) is 0 Å². The number of carboxylic acids is 1. The zero-order chi connectivity index (χ0) is 21.7. The second-order valence-corrected chi connectivity index (χ2v) is 7.69. The number of aromatic hydroxyl groups is 1. The normalized spacial score (nSPS) is 15.0. The maximum Gasteiger partial charge on any atom is 0.336 e. The molecular weight excluding hydrogens is 392 g/mol. The van der Waals surface area contributed by atoms with Gasteiger partial charge in [-0.05, 0) is 41.8 Å². The minimum atomic E-state index is -1.12. The maximum absolute atomic E-state index is 13.4. The Morgan fingerprint density at radius 1 is 1.00 bits per heavy atom. The molecule has 0 spiro atoms. The first kappa shape index (κ1) is 18.9. The molecule has 0 saturated heterocycles. The van der Waals surface area contributed by atoms with E-state index in [1.807, 2.05) is 43.3 Å². The van der Waals surface area contributed by atoms with Crippen LogP contribution in [0.4, 0.5) is 0 Å². The van der Waals surface area contributed by atoms with Crippen molar-refractivity contribution in [2.45, 2.75) is 12.8 Å². The molecule has 2 N–H and O–H groups in total. The van der Waals surface area contributed by atoms with Crippen LogP contribution >= 0.6 is 0 Å². The predicted molar refractivity (Wildman–Crippen MR) is 118 cm³/mol. The Labute approximate surface area is 177 Å². The summed E-state index contributed by atoms with van der Waals surface area (Å²) >= 11 is 0. The van der Waals surface area contributed by atoms with Crippen LogP contribution in [0.25, 0.3) is 22.6 Å². The summed E-state index contributed by atoms with van der Waals surface area (Å²) in [7, 11) is 0. The lowest BCUT2D eigenvalue weighted by atomic mass is 9.84. The van der Waals surface area contributed by atoms with E-state index < -0.39 is 11.9 Å². The average Bonchev–Trinajstić information content (AvgIpc) is 2.88. The van der Waals surface area contributed by atoms with E-state index in [4.69, 9.17) is 4.42 Å². The molecule has 5 rings (SSSR count). The van der Waals surface area contributed by atoms with Gasteiger partial charge in [0.25, 0.3) is 0 Å². The monoisotopic (exact) mass is 410 g/mol. The molecule has 31 heavy (non-hydrogen) atoms. The van der Waals surface area contributed by atoms with Crippen LogP contribution in [0, 0.1) is 6.92 Å². The highest BCUT2D eigenvalue weighted by Crippen LogP contribution is 2.42. The minimum absolute atomic E-state index is 0.0153. The molecule has 1 aromatic heterocycles. The molecule has 5 nitrogen and oxygen atoms in total. The van der Waals surface area contributed by atoms with Crippen molar-refractivity contribution in [1.82, 2.24) is 0 Å². The molecule has 1 heterocycles. The second-order valence-electron chi connectivity index (χ2n) is 7.69. The standard InChI is InChI=1S/C26H18O5/c1-14-5-4-6-15(11-14)23-18-8-3-2-7-17(18)20(26(29)30)13-21-24(28)19-10-9-16(27)12-22(19)31-25(21)23/h2-13,23,27H,1H3,(H,29,30). The maximum atomic E-state index is 13.4. The zero-order valence-corrected chi connectivity index (χ0v) is 16.6. The third-order valence-corrected chi connectivity index (χ3v) is 5.66. The van der Waals surface area contributed by atoms with E-state index in [-0.39, 0.29) is 33.3 Å². The average molecular weight is 410 g/mol. The van der Waals surface area contributed by atoms with Crippen LogP contribution in [0.15, 0.2) is 75.9 Å². The third-order valence-electron chi connectivity index (χ3n) is 5.66. The fourth-order valence-corrected chi connectivity index (χ4v) is 4.28. The number of phenols is 1. The molecule has 0 amide bonds. The molecular formula is C26H18O5. The number of carbonyl (C=O) groups is 1. The predicted octanol–water partition coefficient (Wildman–Crippen LogP) is 4.93. The number of aryl methyl sites for hydroxylation is 1. The fourth-order valence-electron chi connectivity index (χ4n) is 4.28. The van der Waals surface area contributed by atoms with Crippen molar-refractivity contribution in [3.8, 4) is 5.75 Å². The van der Waals surface area contributed by atoms with Crippen LogP contribution in [0.2, 0.25) is 0 Å². The Hall–Kier alpha value is -4.12. The summed E-state index contributed by atoms with van der Waals surface area (Å²) in [5, 5.41) is 20.1. The minimum Gasteiger partial charge on any atom is -0.508 e. The molecule has 5 heteroatoms. The SMILES string of the molecule is Cc1cccc(C2c3ccccc3C(C(=O)O)=Cc3c2oc2cc(O)ccc2c3=O)c1. The topological polar surface area (TPSA) is 87.7 Å². The molecule has 3 aromatic carbocycles. The van der Waals surface area contributed by atoms with Crippen LogP contribution in [-0.4, -0.2) is 16.2 Å². The highest BCUT2D eigenvalue weighted by Gasteiger charge is 2.32. The highest BCUT2D eigenvalue weighted by molar-refractivity contribution is 6.21. The largest absolute Gasteiger partial charge is 0.508 e. The first-order valence-electron chi connectivity index (χ1n) is 9.84. The van der Waals surface area contributed by atoms with Crippen LogP contribution in [-0.2, 0) is 4.79 Å². The van der Waals surface area contributed by atoms with Gasteiger partial charge in [0.05, 0.1) is 22.4 Å². The van der Waals surface area contributed by atoms with Crippen molar-refractivity contribution < 1.29 is 19.4 Å². The van der Waals surface area contributed by atoms with Gasteiger partial charge in [0.1, 0.15) is 17.1 Å². The van der Waals surface area contributed by atoms with Crippen LogP contribution in [0.3, 0.4) is 0 Å². The first-order chi connectivity index (χ1) is 14.9. The van der Waals surface area contributed by atoms with Crippen LogP contribution in [0.1, 0.15) is 39.5 Å². The van der Waals surface area contributed by atoms with E-state index in [0.29, 0.717) is 11.3 Å². The number of phenolic OH excluding ortho intramolecular Hbond substituents is 1. The Bertz CT molecular complexity index is 1460. The van der Waals surface area contributed by atoms with Gasteiger partial charge in [-0.15, -0.1) is 0 Å². The first-order valence-corrected chi connectivity index (χ1v) is 9.84. The Balaban J connectivity index is 1.96. The molecule has 4 aromatic rings. The van der Waals surface area contributed by atoms with Gasteiger partial charge >= 0.3 is 5.97 Å². The smallest absolute Gasteiger partial charge is 0.336 e. The number of hydrogen-bond acceptors (Lipinski definition) is 4. The van der Waals surface area contributed by atoms with Gasteiger partial charge in [0.15, 0.2) is 5.43 Å². The zero-order valence-electron chi connectivity index (χ0n) is 16.6. The molecule has 1 unspecified atom stereocenters. The number of fused-ring (bicyclic) bond motifs is 3. The van der Waals surface area contributed by atoms with Gasteiger partial charge in [0.2, 0.25) is 0 Å². The lowest BCUT2D eigenvalue weighted by Gasteiger charge is -2.20. The Morgan fingerprint density at radius 2 is 1.81 bits per heavy atom. The summed E-state index contributed by atoms with van der Waals surface area (Å²) in [5.41, 5.74) is 3.37. The van der Waals surface area contributed by atoms with Crippen LogP contribution in [0.5, 0.6) is 5.75 Å². The lowest BCUT2D eigenvalue weighted by Crippen LogP contribution is -2.13. The van der Waals surface area contributed by atoms with Gasteiger partial charge in [-0.3, -0.25) is 4.79 Å².